The van der Waals surface area contributed by atoms with Crippen LogP contribution < -0.4 is 0 Å². The highest BCUT2D eigenvalue weighted by atomic mass is 19.1. The molecule has 0 spiro atoms. The van der Waals surface area contributed by atoms with Gasteiger partial charge in [0.1, 0.15) is 5.82 Å². The number of H-pyrrole nitrogens is 1. The summed E-state index contributed by atoms with van der Waals surface area (Å²) in [4.78, 5) is 18.9. The average Bonchev–Trinajstić information content (AvgIpc) is 3.18. The maximum Gasteiger partial charge on any atom is 0.255 e. The monoisotopic (exact) mass is 364 g/mol. The van der Waals surface area contributed by atoms with Crippen LogP contribution >= 0.6 is 0 Å². The van der Waals surface area contributed by atoms with Crippen molar-refractivity contribution in [2.45, 2.75) is 25.7 Å². The van der Waals surface area contributed by atoms with Crippen LogP contribution in [-0.4, -0.2) is 39.1 Å². The second-order valence-electron chi connectivity index (χ2n) is 6.99. The summed E-state index contributed by atoms with van der Waals surface area (Å²) in [5, 5.41) is 7.31. The molecule has 0 aliphatic carbocycles. The minimum atomic E-state index is -0.259. The first-order chi connectivity index (χ1) is 13.1. The molecule has 1 atom stereocenters. The van der Waals surface area contributed by atoms with Crippen LogP contribution in [0.1, 0.15) is 40.4 Å². The molecule has 0 radical (unpaired) electrons. The molecule has 0 bridgehead atoms. The van der Waals surface area contributed by atoms with Crippen molar-refractivity contribution in [2.75, 3.05) is 13.1 Å². The normalized spacial score (nSPS) is 17.1. The molecule has 27 heavy (non-hydrogen) atoms. The summed E-state index contributed by atoms with van der Waals surface area (Å²) in [5.74, 6) is -0.0690. The van der Waals surface area contributed by atoms with Gasteiger partial charge in [0.15, 0.2) is 0 Å². The maximum absolute atomic E-state index is 13.2. The zero-order valence-corrected chi connectivity index (χ0v) is 15.2. The minimum absolute atomic E-state index is 0.0214. The largest absolute Gasteiger partial charge is 0.338 e. The Bertz CT molecular complexity index is 951. The number of carbonyl (C=O) groups is 1. The van der Waals surface area contributed by atoms with E-state index in [-0.39, 0.29) is 17.6 Å². The zero-order chi connectivity index (χ0) is 18.8. The molecule has 5 nitrogen and oxygen atoms in total. The summed E-state index contributed by atoms with van der Waals surface area (Å²) < 4.78 is 13.2. The van der Waals surface area contributed by atoms with Crippen molar-refractivity contribution < 1.29 is 9.18 Å². The summed E-state index contributed by atoms with van der Waals surface area (Å²) in [6.07, 6.45) is 7.02. The van der Waals surface area contributed by atoms with E-state index in [1.54, 1.807) is 30.7 Å². The van der Waals surface area contributed by atoms with Crippen molar-refractivity contribution in [1.29, 1.82) is 0 Å². The number of aromatic nitrogens is 3. The third-order valence-electron chi connectivity index (χ3n) is 5.21. The fraction of sp³-hybridized carbons (Fsp3) is 0.286. The number of hydrogen-bond acceptors (Lipinski definition) is 3. The number of piperidine rings is 1. The fourth-order valence-electron chi connectivity index (χ4n) is 3.72. The molecule has 1 aromatic carbocycles. The molecule has 3 heterocycles. The van der Waals surface area contributed by atoms with E-state index in [0.29, 0.717) is 12.1 Å². The predicted octanol–water partition coefficient (Wildman–Crippen LogP) is 3.94. The highest BCUT2D eigenvalue weighted by Gasteiger charge is 2.28. The lowest BCUT2D eigenvalue weighted by molar-refractivity contribution is 0.0705. The van der Waals surface area contributed by atoms with Crippen molar-refractivity contribution in [1.82, 2.24) is 20.1 Å². The molecule has 0 unspecified atom stereocenters. The van der Waals surface area contributed by atoms with E-state index in [2.05, 4.69) is 15.2 Å². The summed E-state index contributed by atoms with van der Waals surface area (Å²) >= 11 is 0. The van der Waals surface area contributed by atoms with Gasteiger partial charge in [0, 0.05) is 42.7 Å². The molecule has 1 aliphatic heterocycles. The van der Waals surface area contributed by atoms with E-state index in [9.17, 15) is 9.18 Å². The van der Waals surface area contributed by atoms with Gasteiger partial charge in [-0.2, -0.15) is 5.10 Å². The third-order valence-corrected chi connectivity index (χ3v) is 5.21. The number of aryl methyl sites for hydroxylation is 1. The first-order valence-corrected chi connectivity index (χ1v) is 9.12. The Balaban J connectivity index is 1.58. The van der Waals surface area contributed by atoms with Crippen LogP contribution in [-0.2, 0) is 0 Å². The fourth-order valence-corrected chi connectivity index (χ4v) is 3.72. The Morgan fingerprint density at radius 2 is 2.04 bits per heavy atom. The van der Waals surface area contributed by atoms with Crippen LogP contribution in [0.3, 0.4) is 0 Å². The van der Waals surface area contributed by atoms with Crippen molar-refractivity contribution in [3.05, 3.63) is 71.6 Å². The van der Waals surface area contributed by atoms with Gasteiger partial charge in [-0.25, -0.2) is 4.39 Å². The van der Waals surface area contributed by atoms with Gasteiger partial charge in [-0.1, -0.05) is 12.1 Å². The van der Waals surface area contributed by atoms with Gasteiger partial charge in [-0.15, -0.1) is 0 Å². The van der Waals surface area contributed by atoms with Crippen LogP contribution in [0.4, 0.5) is 4.39 Å². The first kappa shape index (κ1) is 17.4. The van der Waals surface area contributed by atoms with Crippen molar-refractivity contribution >= 4 is 5.91 Å². The van der Waals surface area contributed by atoms with Crippen LogP contribution in [0.2, 0.25) is 0 Å². The van der Waals surface area contributed by atoms with Gasteiger partial charge in [-0.3, -0.25) is 14.9 Å². The number of aromatic amines is 1. The van der Waals surface area contributed by atoms with Crippen molar-refractivity contribution in [3.8, 4) is 11.1 Å². The molecule has 0 saturated carbocycles. The molecule has 1 N–H and O–H groups in total. The topological polar surface area (TPSA) is 61.9 Å². The van der Waals surface area contributed by atoms with Gasteiger partial charge >= 0.3 is 0 Å². The first-order valence-electron chi connectivity index (χ1n) is 9.12. The van der Waals surface area contributed by atoms with Crippen LogP contribution in [0, 0.1) is 12.7 Å². The zero-order valence-electron chi connectivity index (χ0n) is 15.2. The number of nitrogens with one attached hydrogen (secondary N) is 1. The highest BCUT2D eigenvalue weighted by Crippen LogP contribution is 2.33. The summed E-state index contributed by atoms with van der Waals surface area (Å²) in [7, 11) is 0. The second kappa shape index (κ2) is 7.31. The average molecular weight is 364 g/mol. The summed E-state index contributed by atoms with van der Waals surface area (Å²) in [6.45, 7) is 3.30. The quantitative estimate of drug-likeness (QED) is 0.766. The number of likely N-dealkylation sites (tertiary alicyclic amines) is 1. The second-order valence-corrected chi connectivity index (χ2v) is 6.99. The standard InChI is InChI=1S/C21H21FN4O/c1-14-8-9-23-11-18(14)21(27)26-10-2-3-16(13-26)20-19(12-24-25-20)15-4-6-17(22)7-5-15/h4-9,11-12,16H,2-3,10,13H2,1H3,(H,24,25)/t16-/m1/s1. The molecular formula is C21H21FN4O. The molecule has 2 aromatic heterocycles. The van der Waals surface area contributed by atoms with Crippen molar-refractivity contribution in [3.63, 3.8) is 0 Å². The highest BCUT2D eigenvalue weighted by molar-refractivity contribution is 5.95. The molecular weight excluding hydrogens is 343 g/mol. The van der Waals surface area contributed by atoms with E-state index in [0.717, 1.165) is 41.8 Å². The summed E-state index contributed by atoms with van der Waals surface area (Å²) in [6, 6.07) is 8.28. The van der Waals surface area contributed by atoms with Crippen LogP contribution in [0.15, 0.2) is 48.9 Å². The number of benzene rings is 1. The number of halogens is 1. The van der Waals surface area contributed by atoms with E-state index in [1.165, 1.54) is 12.1 Å². The Hall–Kier alpha value is -3.02. The SMILES string of the molecule is Cc1ccncc1C(=O)N1CCC[C@@H](c2[nH]ncc2-c2ccc(F)cc2)C1. The number of rotatable bonds is 3. The molecule has 1 amide bonds. The Labute approximate surface area is 157 Å². The molecule has 1 saturated heterocycles. The Morgan fingerprint density at radius 1 is 1.22 bits per heavy atom. The third kappa shape index (κ3) is 3.47. The maximum atomic E-state index is 13.2. The van der Waals surface area contributed by atoms with Crippen molar-refractivity contribution in [2.24, 2.45) is 0 Å². The van der Waals surface area contributed by atoms with Gasteiger partial charge in [0.05, 0.1) is 11.8 Å². The lowest BCUT2D eigenvalue weighted by atomic mass is 9.90. The smallest absolute Gasteiger partial charge is 0.255 e. The van der Waals surface area contributed by atoms with Gasteiger partial charge < -0.3 is 4.90 Å². The van der Waals surface area contributed by atoms with E-state index >= 15 is 0 Å². The molecule has 6 heteroatoms. The van der Waals surface area contributed by atoms with Crippen LogP contribution in [0.25, 0.3) is 11.1 Å². The number of carbonyl (C=O) groups excluding carboxylic acids is 1. The molecule has 138 valence electrons. The number of pyridine rings is 1. The lowest BCUT2D eigenvalue weighted by Crippen LogP contribution is -2.39. The Morgan fingerprint density at radius 3 is 2.81 bits per heavy atom. The summed E-state index contributed by atoms with van der Waals surface area (Å²) in [5.41, 5.74) is 4.48. The minimum Gasteiger partial charge on any atom is -0.338 e. The van der Waals surface area contributed by atoms with E-state index < -0.39 is 0 Å². The van der Waals surface area contributed by atoms with Gasteiger partial charge in [-0.05, 0) is 49.1 Å². The molecule has 4 rings (SSSR count). The lowest BCUT2D eigenvalue weighted by Gasteiger charge is -2.33. The molecule has 1 aliphatic rings. The van der Waals surface area contributed by atoms with Gasteiger partial charge in [0.2, 0.25) is 0 Å². The van der Waals surface area contributed by atoms with Crippen LogP contribution in [0.5, 0.6) is 0 Å². The number of hydrogen-bond donors (Lipinski definition) is 1. The number of amides is 1. The Kier molecular flexibility index (Phi) is 4.71. The number of nitrogens with zero attached hydrogens (tertiary/aromatic N) is 3. The van der Waals surface area contributed by atoms with E-state index in [4.69, 9.17) is 0 Å². The van der Waals surface area contributed by atoms with E-state index in [1.807, 2.05) is 17.9 Å². The van der Waals surface area contributed by atoms with Gasteiger partial charge in [0.25, 0.3) is 5.91 Å². The molecule has 3 aromatic rings. The molecule has 1 fully saturated rings. The predicted molar refractivity (Wildman–Crippen MR) is 101 cm³/mol.